The summed E-state index contributed by atoms with van der Waals surface area (Å²) < 4.78 is 37.3. The quantitative estimate of drug-likeness (QED) is 0.921. The summed E-state index contributed by atoms with van der Waals surface area (Å²) in [6.07, 6.45) is 1.31. The lowest BCUT2D eigenvalue weighted by Gasteiger charge is -2.05. The van der Waals surface area contributed by atoms with Gasteiger partial charge in [0.1, 0.15) is 5.82 Å². The van der Waals surface area contributed by atoms with Crippen LogP contribution in [0.2, 0.25) is 5.02 Å². The van der Waals surface area contributed by atoms with Crippen LogP contribution < -0.4 is 4.72 Å². The Morgan fingerprint density at radius 3 is 2.72 bits per heavy atom. The van der Waals surface area contributed by atoms with Crippen LogP contribution in [0.4, 0.5) is 4.39 Å². The highest BCUT2D eigenvalue weighted by molar-refractivity contribution is 7.89. The molecule has 18 heavy (non-hydrogen) atoms. The number of hydrogen-bond donors (Lipinski definition) is 1. The van der Waals surface area contributed by atoms with E-state index in [1.807, 2.05) is 4.72 Å². The maximum atomic E-state index is 13.6. The molecule has 0 radical (unpaired) electrons. The zero-order valence-electron chi connectivity index (χ0n) is 9.48. The van der Waals surface area contributed by atoms with Crippen LogP contribution in [-0.2, 0) is 14.8 Å². The van der Waals surface area contributed by atoms with Crippen LogP contribution in [0.15, 0.2) is 18.2 Å². The number of nitrogens with one attached hydrogen (secondary N) is 1. The predicted octanol–water partition coefficient (Wildman–Crippen LogP) is 1.66. The van der Waals surface area contributed by atoms with Gasteiger partial charge in [0.25, 0.3) is 0 Å². The van der Waals surface area contributed by atoms with Gasteiger partial charge in [-0.3, -0.25) is 9.52 Å². The lowest BCUT2D eigenvalue weighted by Crippen LogP contribution is -2.31. The third-order valence-corrected chi connectivity index (χ3v) is 3.69. The first kappa shape index (κ1) is 13.3. The van der Waals surface area contributed by atoms with E-state index in [1.54, 1.807) is 6.07 Å². The van der Waals surface area contributed by atoms with Crippen molar-refractivity contribution in [3.05, 3.63) is 34.6 Å². The van der Waals surface area contributed by atoms with Crippen molar-refractivity contribution in [3.63, 3.8) is 0 Å². The van der Waals surface area contributed by atoms with E-state index in [4.69, 9.17) is 11.6 Å². The first-order valence-corrected chi connectivity index (χ1v) is 7.52. The maximum absolute atomic E-state index is 13.6. The van der Waals surface area contributed by atoms with E-state index in [0.29, 0.717) is 6.42 Å². The lowest BCUT2D eigenvalue weighted by atomic mass is 10.1. The van der Waals surface area contributed by atoms with Crippen LogP contribution in [0.5, 0.6) is 0 Å². The summed E-state index contributed by atoms with van der Waals surface area (Å²) in [6.45, 7) is 0. The van der Waals surface area contributed by atoms with Gasteiger partial charge in [-0.15, -0.1) is 0 Å². The van der Waals surface area contributed by atoms with Gasteiger partial charge >= 0.3 is 0 Å². The first-order chi connectivity index (χ1) is 8.29. The van der Waals surface area contributed by atoms with Gasteiger partial charge in [0.2, 0.25) is 15.9 Å². The van der Waals surface area contributed by atoms with Crippen molar-refractivity contribution in [3.8, 4) is 0 Å². The summed E-state index contributed by atoms with van der Waals surface area (Å²) in [5, 5.41) is 0.259. The molecule has 1 aromatic rings. The molecule has 1 N–H and O–H groups in total. The van der Waals surface area contributed by atoms with Crippen LogP contribution in [-0.4, -0.2) is 20.6 Å². The van der Waals surface area contributed by atoms with E-state index in [1.165, 1.54) is 12.1 Å². The smallest absolute Gasteiger partial charge is 0.237 e. The van der Waals surface area contributed by atoms with E-state index in [0.717, 1.165) is 6.26 Å². The van der Waals surface area contributed by atoms with Crippen molar-refractivity contribution < 1.29 is 17.6 Å². The highest BCUT2D eigenvalue weighted by Gasteiger charge is 2.46. The highest BCUT2D eigenvalue weighted by atomic mass is 35.5. The second kappa shape index (κ2) is 4.51. The fraction of sp³-hybridized carbons (Fsp3) is 0.364. The van der Waals surface area contributed by atoms with Crippen LogP contribution in [0, 0.1) is 11.7 Å². The van der Waals surface area contributed by atoms with Crippen LogP contribution in [0.1, 0.15) is 17.9 Å². The molecule has 2 rings (SSSR count). The number of hydrogen-bond acceptors (Lipinski definition) is 3. The zero-order valence-corrected chi connectivity index (χ0v) is 11.1. The molecule has 0 bridgehead atoms. The Morgan fingerprint density at radius 2 is 2.17 bits per heavy atom. The minimum absolute atomic E-state index is 0.259. The SMILES string of the molecule is CS(=O)(=O)NC(=O)C1CC1c1c(F)cccc1Cl. The molecule has 1 aliphatic rings. The van der Waals surface area contributed by atoms with Gasteiger partial charge < -0.3 is 0 Å². The molecule has 4 nitrogen and oxygen atoms in total. The molecule has 1 saturated carbocycles. The number of carbonyl (C=O) groups excluding carboxylic acids is 1. The normalized spacial score (nSPS) is 22.6. The van der Waals surface area contributed by atoms with Crippen molar-refractivity contribution in [2.45, 2.75) is 12.3 Å². The summed E-state index contributed by atoms with van der Waals surface area (Å²) in [7, 11) is -3.58. The molecule has 1 aliphatic carbocycles. The Kier molecular flexibility index (Phi) is 3.33. The number of amides is 1. The second-order valence-electron chi connectivity index (χ2n) is 4.32. The van der Waals surface area contributed by atoms with E-state index in [2.05, 4.69) is 0 Å². The topological polar surface area (TPSA) is 63.2 Å². The Morgan fingerprint density at radius 1 is 1.50 bits per heavy atom. The molecule has 0 spiro atoms. The molecule has 0 saturated heterocycles. The van der Waals surface area contributed by atoms with Crippen molar-refractivity contribution in [1.29, 1.82) is 0 Å². The third kappa shape index (κ3) is 2.81. The van der Waals surface area contributed by atoms with Crippen LogP contribution >= 0.6 is 11.6 Å². The fourth-order valence-corrected chi connectivity index (χ4v) is 2.75. The third-order valence-electron chi connectivity index (χ3n) is 2.78. The summed E-state index contributed by atoms with van der Waals surface area (Å²) >= 11 is 5.88. The number of halogens is 2. The Labute approximate surface area is 109 Å². The van der Waals surface area contributed by atoms with E-state index in [9.17, 15) is 17.6 Å². The largest absolute Gasteiger partial charge is 0.274 e. The molecule has 0 heterocycles. The average molecular weight is 292 g/mol. The summed E-state index contributed by atoms with van der Waals surface area (Å²) in [5.41, 5.74) is 0.285. The molecule has 7 heteroatoms. The van der Waals surface area contributed by atoms with E-state index >= 15 is 0 Å². The van der Waals surface area contributed by atoms with Gasteiger partial charge in [0.05, 0.1) is 6.26 Å². The van der Waals surface area contributed by atoms with Gasteiger partial charge in [0, 0.05) is 22.4 Å². The summed E-state index contributed by atoms with van der Waals surface area (Å²) in [4.78, 5) is 11.6. The minimum atomic E-state index is -3.58. The molecule has 0 aromatic heterocycles. The first-order valence-electron chi connectivity index (χ1n) is 5.25. The molecule has 2 unspecified atom stereocenters. The van der Waals surface area contributed by atoms with Crippen molar-refractivity contribution in [1.82, 2.24) is 4.72 Å². The summed E-state index contributed by atoms with van der Waals surface area (Å²) in [5.74, 6) is -1.96. The minimum Gasteiger partial charge on any atom is -0.274 e. The summed E-state index contributed by atoms with van der Waals surface area (Å²) in [6, 6.07) is 4.30. The highest BCUT2D eigenvalue weighted by Crippen LogP contribution is 2.50. The standard InChI is InChI=1S/C11H11ClFNO3S/c1-18(16,17)14-11(15)7-5-6(7)10-8(12)3-2-4-9(10)13/h2-4,6-7H,5H2,1H3,(H,14,15). The lowest BCUT2D eigenvalue weighted by molar-refractivity contribution is -0.120. The van der Waals surface area contributed by atoms with Crippen molar-refractivity contribution in [2.24, 2.45) is 5.92 Å². The van der Waals surface area contributed by atoms with Gasteiger partial charge in [-0.25, -0.2) is 12.8 Å². The van der Waals surface area contributed by atoms with Gasteiger partial charge in [0.15, 0.2) is 0 Å². The van der Waals surface area contributed by atoms with E-state index in [-0.39, 0.29) is 16.5 Å². The van der Waals surface area contributed by atoms with Crippen molar-refractivity contribution in [2.75, 3.05) is 6.26 Å². The molecule has 98 valence electrons. The molecule has 1 aromatic carbocycles. The maximum Gasteiger partial charge on any atom is 0.237 e. The Hall–Kier alpha value is -1.14. The Bertz CT molecular complexity index is 582. The average Bonchev–Trinajstić information content (AvgIpc) is 2.94. The zero-order chi connectivity index (χ0) is 13.5. The van der Waals surface area contributed by atoms with Crippen molar-refractivity contribution >= 4 is 27.5 Å². The van der Waals surface area contributed by atoms with Crippen LogP contribution in [0.25, 0.3) is 0 Å². The molecule has 1 fully saturated rings. The van der Waals surface area contributed by atoms with E-state index < -0.39 is 27.7 Å². The second-order valence-corrected chi connectivity index (χ2v) is 6.48. The number of rotatable bonds is 3. The molecular formula is C11H11ClFNO3S. The molecular weight excluding hydrogens is 281 g/mol. The molecule has 1 amide bonds. The number of sulfonamides is 1. The number of carbonyl (C=O) groups is 1. The van der Waals surface area contributed by atoms with Gasteiger partial charge in [-0.1, -0.05) is 17.7 Å². The fourth-order valence-electron chi connectivity index (χ4n) is 1.93. The van der Waals surface area contributed by atoms with Gasteiger partial charge in [-0.05, 0) is 18.6 Å². The van der Waals surface area contributed by atoms with Gasteiger partial charge in [-0.2, -0.15) is 0 Å². The molecule has 0 aliphatic heterocycles. The molecule has 2 atom stereocenters. The predicted molar refractivity (Wildman–Crippen MR) is 65.2 cm³/mol. The van der Waals surface area contributed by atoms with Crippen LogP contribution in [0.3, 0.4) is 0 Å². The Balaban J connectivity index is 2.14. The number of benzene rings is 1. The monoisotopic (exact) mass is 291 g/mol.